The number of halogens is 1. The van der Waals surface area contributed by atoms with Crippen molar-refractivity contribution >= 4 is 15.9 Å². The molecule has 0 saturated carbocycles. The minimum atomic E-state index is 0.228. The highest BCUT2D eigenvalue weighted by atomic mass is 79.9. The van der Waals surface area contributed by atoms with Gasteiger partial charge in [-0.3, -0.25) is 0 Å². The summed E-state index contributed by atoms with van der Waals surface area (Å²) in [6.45, 7) is 0. The summed E-state index contributed by atoms with van der Waals surface area (Å²) in [4.78, 5) is 0. The molecule has 1 aliphatic carbocycles. The molecule has 1 aromatic heterocycles. The molecule has 100 valence electrons. The van der Waals surface area contributed by atoms with Gasteiger partial charge in [-0.2, -0.15) is 0 Å². The molecule has 3 heteroatoms. The number of aryl methyl sites for hydroxylation is 2. The summed E-state index contributed by atoms with van der Waals surface area (Å²) < 4.78 is 6.44. The van der Waals surface area contributed by atoms with Crippen molar-refractivity contribution in [2.45, 2.75) is 31.7 Å². The fourth-order valence-electron chi connectivity index (χ4n) is 2.85. The second-order valence-corrected chi connectivity index (χ2v) is 5.93. The van der Waals surface area contributed by atoms with Gasteiger partial charge in [0.25, 0.3) is 0 Å². The molecule has 1 aromatic carbocycles. The van der Waals surface area contributed by atoms with E-state index in [1.165, 1.54) is 36.0 Å². The molecule has 0 spiro atoms. The Morgan fingerprint density at radius 3 is 2.79 bits per heavy atom. The SMILES string of the molecule is CNC(Cc1ccc2c(c1)CCC2)c1ccc(Br)o1. The van der Waals surface area contributed by atoms with Crippen molar-refractivity contribution in [2.75, 3.05) is 7.05 Å². The van der Waals surface area contributed by atoms with Crippen molar-refractivity contribution in [3.63, 3.8) is 0 Å². The smallest absolute Gasteiger partial charge is 0.169 e. The molecule has 0 aliphatic heterocycles. The maximum absolute atomic E-state index is 5.66. The van der Waals surface area contributed by atoms with Gasteiger partial charge in [-0.05, 0) is 77.5 Å². The van der Waals surface area contributed by atoms with E-state index in [0.29, 0.717) is 0 Å². The minimum absolute atomic E-state index is 0.228. The van der Waals surface area contributed by atoms with E-state index in [2.05, 4.69) is 39.4 Å². The van der Waals surface area contributed by atoms with E-state index in [1.54, 1.807) is 0 Å². The van der Waals surface area contributed by atoms with Gasteiger partial charge < -0.3 is 9.73 Å². The Bertz CT molecular complexity index is 576. The molecule has 2 nitrogen and oxygen atoms in total. The van der Waals surface area contributed by atoms with Gasteiger partial charge in [-0.25, -0.2) is 0 Å². The van der Waals surface area contributed by atoms with Crippen molar-refractivity contribution < 1.29 is 4.42 Å². The average molecular weight is 320 g/mol. The number of likely N-dealkylation sites (N-methyl/N-ethyl adjacent to an activating group) is 1. The Morgan fingerprint density at radius 2 is 2.05 bits per heavy atom. The quantitative estimate of drug-likeness (QED) is 0.920. The number of rotatable bonds is 4. The van der Waals surface area contributed by atoms with Gasteiger partial charge in [-0.1, -0.05) is 18.2 Å². The Balaban J connectivity index is 1.79. The monoisotopic (exact) mass is 319 g/mol. The Kier molecular flexibility index (Phi) is 3.76. The molecule has 0 amide bonds. The van der Waals surface area contributed by atoms with E-state index in [9.17, 15) is 0 Å². The van der Waals surface area contributed by atoms with E-state index >= 15 is 0 Å². The predicted molar refractivity (Wildman–Crippen MR) is 80.4 cm³/mol. The summed E-state index contributed by atoms with van der Waals surface area (Å²) in [7, 11) is 1.98. The van der Waals surface area contributed by atoms with Crippen molar-refractivity contribution in [1.29, 1.82) is 0 Å². The van der Waals surface area contributed by atoms with Crippen molar-refractivity contribution in [3.05, 3.63) is 57.5 Å². The molecular weight excluding hydrogens is 302 g/mol. The van der Waals surface area contributed by atoms with Crippen LogP contribution in [0.1, 0.15) is 34.9 Å². The third-order valence-corrected chi connectivity index (χ3v) is 4.31. The molecule has 1 aliphatic rings. The number of fused-ring (bicyclic) bond motifs is 1. The fraction of sp³-hybridized carbons (Fsp3) is 0.375. The molecule has 1 N–H and O–H groups in total. The number of nitrogens with one attached hydrogen (secondary N) is 1. The van der Waals surface area contributed by atoms with Gasteiger partial charge in [0.05, 0.1) is 6.04 Å². The zero-order valence-corrected chi connectivity index (χ0v) is 12.7. The van der Waals surface area contributed by atoms with Crippen LogP contribution in [0.2, 0.25) is 0 Å². The van der Waals surface area contributed by atoms with Crippen LogP contribution in [-0.2, 0) is 19.3 Å². The molecule has 19 heavy (non-hydrogen) atoms. The largest absolute Gasteiger partial charge is 0.453 e. The topological polar surface area (TPSA) is 25.2 Å². The van der Waals surface area contributed by atoms with Crippen LogP contribution in [0.3, 0.4) is 0 Å². The zero-order valence-electron chi connectivity index (χ0n) is 11.1. The Hall–Kier alpha value is -1.06. The first-order chi connectivity index (χ1) is 9.26. The third-order valence-electron chi connectivity index (χ3n) is 3.89. The van der Waals surface area contributed by atoms with Gasteiger partial charge in [0.1, 0.15) is 5.76 Å². The van der Waals surface area contributed by atoms with Gasteiger partial charge in [0, 0.05) is 0 Å². The molecule has 1 unspecified atom stereocenters. The van der Waals surface area contributed by atoms with Crippen LogP contribution in [0.5, 0.6) is 0 Å². The summed E-state index contributed by atoms with van der Waals surface area (Å²) >= 11 is 3.36. The molecule has 0 saturated heterocycles. The van der Waals surface area contributed by atoms with Crippen molar-refractivity contribution in [3.8, 4) is 0 Å². The third kappa shape index (κ3) is 2.77. The van der Waals surface area contributed by atoms with Crippen LogP contribution in [-0.4, -0.2) is 7.05 Å². The summed E-state index contributed by atoms with van der Waals surface area (Å²) in [5, 5.41) is 3.33. The van der Waals surface area contributed by atoms with E-state index in [-0.39, 0.29) is 6.04 Å². The molecule has 2 aromatic rings. The molecule has 0 bridgehead atoms. The summed E-state index contributed by atoms with van der Waals surface area (Å²) in [5.41, 5.74) is 4.45. The normalized spacial score (nSPS) is 15.5. The molecule has 0 fully saturated rings. The van der Waals surface area contributed by atoms with Crippen LogP contribution >= 0.6 is 15.9 Å². The second-order valence-electron chi connectivity index (χ2n) is 5.14. The lowest BCUT2D eigenvalue weighted by atomic mass is 10.00. The molecule has 1 heterocycles. The standard InChI is InChI=1S/C16H18BrNO/c1-18-14(15-7-8-16(17)19-15)10-11-5-6-12-3-2-4-13(12)9-11/h5-9,14,18H,2-4,10H2,1H3. The van der Waals surface area contributed by atoms with Crippen LogP contribution in [0.4, 0.5) is 0 Å². The summed E-state index contributed by atoms with van der Waals surface area (Å²) in [6.07, 6.45) is 4.75. The minimum Gasteiger partial charge on any atom is -0.453 e. The van der Waals surface area contributed by atoms with Crippen molar-refractivity contribution in [1.82, 2.24) is 5.32 Å². The molecule has 1 atom stereocenters. The summed E-state index contributed by atoms with van der Waals surface area (Å²) in [6, 6.07) is 11.1. The highest BCUT2D eigenvalue weighted by Gasteiger charge is 2.16. The number of furan rings is 1. The lowest BCUT2D eigenvalue weighted by Gasteiger charge is -2.14. The van der Waals surface area contributed by atoms with Gasteiger partial charge >= 0.3 is 0 Å². The van der Waals surface area contributed by atoms with E-state index in [4.69, 9.17) is 4.42 Å². The van der Waals surface area contributed by atoms with E-state index in [1.807, 2.05) is 19.2 Å². The first-order valence-electron chi connectivity index (χ1n) is 6.79. The maximum atomic E-state index is 5.66. The number of hydrogen-bond acceptors (Lipinski definition) is 2. The first kappa shape index (κ1) is 12.9. The Morgan fingerprint density at radius 1 is 1.21 bits per heavy atom. The number of hydrogen-bond donors (Lipinski definition) is 1. The highest BCUT2D eigenvalue weighted by molar-refractivity contribution is 9.10. The van der Waals surface area contributed by atoms with Gasteiger partial charge in [-0.15, -0.1) is 0 Å². The lowest BCUT2D eigenvalue weighted by molar-refractivity contribution is 0.416. The van der Waals surface area contributed by atoms with E-state index in [0.717, 1.165) is 16.9 Å². The Labute approximate surface area is 122 Å². The molecule has 0 radical (unpaired) electrons. The number of benzene rings is 1. The van der Waals surface area contributed by atoms with E-state index < -0.39 is 0 Å². The molecule has 3 rings (SSSR count). The van der Waals surface area contributed by atoms with Gasteiger partial charge in [0.2, 0.25) is 0 Å². The van der Waals surface area contributed by atoms with Crippen LogP contribution in [0, 0.1) is 0 Å². The zero-order chi connectivity index (χ0) is 13.2. The predicted octanol–water partition coefficient (Wildman–Crippen LogP) is 4.03. The van der Waals surface area contributed by atoms with Crippen LogP contribution < -0.4 is 5.32 Å². The maximum Gasteiger partial charge on any atom is 0.169 e. The lowest BCUT2D eigenvalue weighted by Crippen LogP contribution is -2.18. The average Bonchev–Trinajstić information content (AvgIpc) is 3.04. The highest BCUT2D eigenvalue weighted by Crippen LogP contribution is 2.27. The van der Waals surface area contributed by atoms with Gasteiger partial charge in [0.15, 0.2) is 4.67 Å². The fourth-order valence-corrected chi connectivity index (χ4v) is 3.17. The summed E-state index contributed by atoms with van der Waals surface area (Å²) in [5.74, 6) is 0.981. The second kappa shape index (κ2) is 5.51. The first-order valence-corrected chi connectivity index (χ1v) is 7.59. The van der Waals surface area contributed by atoms with Crippen LogP contribution in [0.25, 0.3) is 0 Å². The van der Waals surface area contributed by atoms with Crippen molar-refractivity contribution in [2.24, 2.45) is 0 Å². The molecular formula is C16H18BrNO. The van der Waals surface area contributed by atoms with Crippen LogP contribution in [0.15, 0.2) is 39.4 Å².